The van der Waals surface area contributed by atoms with E-state index in [0.717, 1.165) is 18.7 Å². The third-order valence-corrected chi connectivity index (χ3v) is 6.23. The van der Waals surface area contributed by atoms with Gasteiger partial charge in [0.25, 0.3) is 0 Å². The van der Waals surface area contributed by atoms with E-state index in [9.17, 15) is 15.8 Å². The zero-order chi connectivity index (χ0) is 21.2. The first kappa shape index (κ1) is 20.4. The first-order valence-electron chi connectivity index (χ1n) is 9.58. The number of quaternary nitrogens is 1. The molecule has 7 nitrogen and oxygen atoms in total. The van der Waals surface area contributed by atoms with Crippen LogP contribution in [0.25, 0.3) is 0 Å². The topological polar surface area (TPSA) is 118 Å². The highest BCUT2D eigenvalue weighted by Gasteiger charge is 2.59. The summed E-state index contributed by atoms with van der Waals surface area (Å²) >= 11 is 0. The number of rotatable bonds is 4. The van der Waals surface area contributed by atoms with Gasteiger partial charge in [-0.05, 0) is 24.6 Å². The molecule has 1 fully saturated rings. The Morgan fingerprint density at radius 2 is 1.93 bits per heavy atom. The van der Waals surface area contributed by atoms with E-state index >= 15 is 0 Å². The van der Waals surface area contributed by atoms with Crippen molar-refractivity contribution in [1.82, 2.24) is 0 Å². The first-order valence-corrected chi connectivity index (χ1v) is 9.58. The second kappa shape index (κ2) is 7.95. The van der Waals surface area contributed by atoms with Gasteiger partial charge >= 0.3 is 0 Å². The molecule has 0 radical (unpaired) electrons. The van der Waals surface area contributed by atoms with E-state index in [1.165, 1.54) is 19.1 Å². The molecule has 2 aliphatic rings. The second-order valence-electron chi connectivity index (χ2n) is 7.39. The molecule has 0 aromatic heterocycles. The van der Waals surface area contributed by atoms with E-state index in [-0.39, 0.29) is 11.6 Å². The number of nitrogens with zero attached hydrogens (tertiary/aromatic N) is 3. The molecule has 7 heteroatoms. The summed E-state index contributed by atoms with van der Waals surface area (Å²) in [5.74, 6) is -0.748. The second-order valence-corrected chi connectivity index (χ2v) is 7.39. The average Bonchev–Trinajstić information content (AvgIpc) is 2.77. The van der Waals surface area contributed by atoms with E-state index in [4.69, 9.17) is 14.9 Å². The maximum Gasteiger partial charge on any atom is 0.190 e. The van der Waals surface area contributed by atoms with Crippen molar-refractivity contribution in [3.05, 3.63) is 35.4 Å². The molecule has 2 N–H and O–H groups in total. The highest BCUT2D eigenvalue weighted by Crippen LogP contribution is 2.55. The van der Waals surface area contributed by atoms with Crippen molar-refractivity contribution in [1.29, 1.82) is 21.2 Å². The molecule has 0 saturated heterocycles. The Labute approximate surface area is 170 Å². The number of hydrogen-bond acceptors (Lipinski definition) is 6. The molecule has 3 rings (SSSR count). The average molecular weight is 390 g/mol. The lowest BCUT2D eigenvalue weighted by molar-refractivity contribution is -0.897. The normalized spacial score (nSPS) is 27.4. The Morgan fingerprint density at radius 3 is 2.48 bits per heavy atom. The Bertz CT molecular complexity index is 964. The highest BCUT2D eigenvalue weighted by molar-refractivity contribution is 6.01. The molecule has 4 atom stereocenters. The molecule has 1 aromatic rings. The van der Waals surface area contributed by atoms with Crippen LogP contribution in [0.3, 0.4) is 0 Å². The van der Waals surface area contributed by atoms with Gasteiger partial charge in [-0.3, -0.25) is 0 Å². The van der Waals surface area contributed by atoms with E-state index in [1.54, 1.807) is 12.1 Å². The maximum absolute atomic E-state index is 10.1. The van der Waals surface area contributed by atoms with Crippen LogP contribution in [0.2, 0.25) is 0 Å². The summed E-state index contributed by atoms with van der Waals surface area (Å²) in [5.41, 5.74) is -0.407. The fraction of sp³-hybridized carbons (Fsp3) is 0.455. The van der Waals surface area contributed by atoms with Gasteiger partial charge in [-0.15, -0.1) is 0 Å². The zero-order valence-corrected chi connectivity index (χ0v) is 16.8. The highest BCUT2D eigenvalue weighted by atomic mass is 16.5. The molecule has 2 unspecified atom stereocenters. The smallest absolute Gasteiger partial charge is 0.190 e. The SMILES string of the molecule is CC[NH+]1CC=C2C(C#N)C(=N)C(C#N)(C#N)[C@H](c3cccc(OC)c3OC)[C@H]2C1. The number of likely N-dealkylation sites (N-methyl/N-ethyl adjacent to an activating group) is 1. The molecule has 148 valence electrons. The van der Waals surface area contributed by atoms with Crippen LogP contribution in [0, 0.1) is 56.7 Å². The predicted molar refractivity (Wildman–Crippen MR) is 106 cm³/mol. The monoisotopic (exact) mass is 390 g/mol. The van der Waals surface area contributed by atoms with Crippen molar-refractivity contribution < 1.29 is 14.4 Å². The van der Waals surface area contributed by atoms with Gasteiger partial charge in [0.15, 0.2) is 16.9 Å². The Balaban J connectivity index is 2.33. The van der Waals surface area contributed by atoms with Crippen LogP contribution in [0.15, 0.2) is 29.8 Å². The number of hydrogen-bond donors (Lipinski definition) is 2. The van der Waals surface area contributed by atoms with Crippen LogP contribution in [0.4, 0.5) is 0 Å². The molecule has 1 aliphatic heterocycles. The summed E-state index contributed by atoms with van der Waals surface area (Å²) in [7, 11) is 3.06. The first-order chi connectivity index (χ1) is 14.0. The van der Waals surface area contributed by atoms with E-state index in [0.29, 0.717) is 23.6 Å². The number of benzene rings is 1. The lowest BCUT2D eigenvalue weighted by atomic mass is 9.54. The quantitative estimate of drug-likeness (QED) is 0.755. The van der Waals surface area contributed by atoms with Gasteiger partial charge in [-0.25, -0.2) is 0 Å². The number of ether oxygens (including phenoxy) is 2. The number of methoxy groups -OCH3 is 2. The van der Waals surface area contributed by atoms with Crippen LogP contribution in [-0.2, 0) is 0 Å². The van der Waals surface area contributed by atoms with Gasteiger partial charge in [0.1, 0.15) is 5.92 Å². The van der Waals surface area contributed by atoms with Gasteiger partial charge in [-0.2, -0.15) is 15.8 Å². The van der Waals surface area contributed by atoms with Crippen LogP contribution in [-0.4, -0.2) is 39.6 Å². The summed E-state index contributed by atoms with van der Waals surface area (Å²) in [6.45, 7) is 4.43. The molecular weight excluding hydrogens is 366 g/mol. The maximum atomic E-state index is 10.1. The Morgan fingerprint density at radius 1 is 1.21 bits per heavy atom. The van der Waals surface area contributed by atoms with Crippen molar-refractivity contribution in [3.63, 3.8) is 0 Å². The molecule has 0 spiro atoms. The van der Waals surface area contributed by atoms with E-state index in [2.05, 4.69) is 25.1 Å². The summed E-state index contributed by atoms with van der Waals surface area (Å²) in [6, 6.07) is 11.8. The van der Waals surface area contributed by atoms with Crippen LogP contribution in [0.1, 0.15) is 18.4 Å². The predicted octanol–water partition coefficient (Wildman–Crippen LogP) is 1.46. The fourth-order valence-corrected chi connectivity index (χ4v) is 4.75. The van der Waals surface area contributed by atoms with Gasteiger partial charge in [0.05, 0.1) is 57.8 Å². The van der Waals surface area contributed by atoms with Gasteiger partial charge in [0.2, 0.25) is 0 Å². The van der Waals surface area contributed by atoms with Crippen LogP contribution >= 0.6 is 0 Å². The van der Waals surface area contributed by atoms with Crippen LogP contribution < -0.4 is 14.4 Å². The molecular formula is C22H24N5O2+. The van der Waals surface area contributed by atoms with E-state index in [1.807, 2.05) is 12.1 Å². The minimum Gasteiger partial charge on any atom is -0.493 e. The minimum absolute atomic E-state index is 0.151. The summed E-state index contributed by atoms with van der Waals surface area (Å²) < 4.78 is 11.1. The third kappa shape index (κ3) is 2.94. The van der Waals surface area contributed by atoms with Gasteiger partial charge in [-0.1, -0.05) is 12.1 Å². The van der Waals surface area contributed by atoms with Gasteiger partial charge in [0, 0.05) is 17.4 Å². The van der Waals surface area contributed by atoms with Crippen molar-refractivity contribution >= 4 is 5.71 Å². The standard InChI is InChI=1S/C22H23N5O2/c1-4-27-9-8-14-16(10-23)21(26)22(12-24,13-25)19(17(14)11-27)15-6-5-7-18(28-2)20(15)29-3/h5-8,16-17,19,26H,4,9,11H2,1-3H3/p+1/t16?,17-,19+/m0/s1. The van der Waals surface area contributed by atoms with Crippen LogP contribution in [0.5, 0.6) is 11.5 Å². The molecule has 0 bridgehead atoms. The summed E-state index contributed by atoms with van der Waals surface area (Å²) in [6.07, 6.45) is 2.02. The van der Waals surface area contributed by atoms with E-state index < -0.39 is 17.3 Å². The molecule has 1 aliphatic carbocycles. The number of nitrogens with one attached hydrogen (secondary N) is 2. The number of para-hydroxylation sites is 1. The van der Waals surface area contributed by atoms with Crippen molar-refractivity contribution in [3.8, 4) is 29.7 Å². The molecule has 0 amide bonds. The third-order valence-electron chi connectivity index (χ3n) is 6.23. The van der Waals surface area contributed by atoms with Crippen molar-refractivity contribution in [2.75, 3.05) is 33.9 Å². The summed E-state index contributed by atoms with van der Waals surface area (Å²) in [4.78, 5) is 1.31. The lowest BCUT2D eigenvalue weighted by Crippen LogP contribution is -3.13. The number of fused-ring (bicyclic) bond motifs is 1. The lowest BCUT2D eigenvalue weighted by Gasteiger charge is -2.46. The van der Waals surface area contributed by atoms with Crippen molar-refractivity contribution in [2.24, 2.45) is 17.3 Å². The van der Waals surface area contributed by atoms with Crippen molar-refractivity contribution in [2.45, 2.75) is 12.8 Å². The Hall–Kier alpha value is -3.34. The van der Waals surface area contributed by atoms with Gasteiger partial charge < -0.3 is 19.8 Å². The number of nitriles is 3. The zero-order valence-electron chi connectivity index (χ0n) is 16.8. The molecule has 1 aromatic carbocycles. The summed E-state index contributed by atoms with van der Waals surface area (Å²) in [5, 5.41) is 38.8. The molecule has 1 saturated carbocycles. The largest absolute Gasteiger partial charge is 0.493 e. The molecule has 1 heterocycles. The minimum atomic E-state index is -1.75. The fourth-order valence-electron chi connectivity index (χ4n) is 4.75. The Kier molecular flexibility index (Phi) is 5.59. The molecule has 29 heavy (non-hydrogen) atoms.